The van der Waals surface area contributed by atoms with Gasteiger partial charge in [0, 0.05) is 23.0 Å². The summed E-state index contributed by atoms with van der Waals surface area (Å²) in [4.78, 5) is 3.80. The highest BCUT2D eigenvalue weighted by molar-refractivity contribution is 7.85. The summed E-state index contributed by atoms with van der Waals surface area (Å²) in [6, 6.07) is 17.3. The molecule has 2 nitrogen and oxygen atoms in total. The van der Waals surface area contributed by atoms with Crippen molar-refractivity contribution < 1.29 is 17.7 Å². The van der Waals surface area contributed by atoms with Crippen LogP contribution in [0.15, 0.2) is 79.1 Å². The Morgan fingerprint density at radius 2 is 1.29 bits per heavy atom. The number of alkyl halides is 3. The Kier molecular flexibility index (Phi) is 4.29. The van der Waals surface area contributed by atoms with Crippen LogP contribution in [-0.4, -0.2) is 4.98 Å². The molecule has 1 aromatic heterocycles. The zero-order valence-corrected chi connectivity index (χ0v) is 13.3. The molecule has 122 valence electrons. The topological polar surface area (TPSA) is 30.0 Å². The van der Waals surface area contributed by atoms with Crippen LogP contribution < -0.4 is 15.9 Å². The average Bonchev–Trinajstić information content (AvgIpc) is 2.62. The Bertz CT molecular complexity index is 836. The molecule has 3 rings (SSSR count). The fraction of sp³-hybridized carbons (Fsp3) is 0.0556. The summed E-state index contributed by atoms with van der Waals surface area (Å²) in [6.07, 6.45) is -2.49. The van der Waals surface area contributed by atoms with Crippen molar-refractivity contribution in [1.29, 1.82) is 0 Å². The molecule has 0 radical (unpaired) electrons. The predicted octanol–water partition coefficient (Wildman–Crippen LogP) is 3.74. The predicted molar refractivity (Wildman–Crippen MR) is 88.6 cm³/mol. The molecule has 0 saturated carbocycles. The van der Waals surface area contributed by atoms with E-state index in [4.69, 9.17) is 0 Å². The van der Waals surface area contributed by atoms with Gasteiger partial charge in [0.25, 0.3) is 0 Å². The van der Waals surface area contributed by atoms with E-state index in [0.717, 1.165) is 18.5 Å². The minimum atomic E-state index is -4.61. The second kappa shape index (κ2) is 6.25. The highest BCUT2D eigenvalue weighted by Crippen LogP contribution is 2.45. The molecule has 0 unspecified atom stereocenters. The molecule has 6 heteroatoms. The summed E-state index contributed by atoms with van der Waals surface area (Å²) >= 11 is 0. The summed E-state index contributed by atoms with van der Waals surface area (Å²) in [5.74, 6) is 0. The second-order valence-corrected chi connectivity index (χ2v) is 7.90. The second-order valence-electron chi connectivity index (χ2n) is 5.17. The molecule has 1 heterocycles. The number of halogens is 3. The molecule has 0 aliphatic heterocycles. The summed E-state index contributed by atoms with van der Waals surface area (Å²) in [5.41, 5.74) is -0.923. The normalized spacial score (nSPS) is 12.1. The van der Waals surface area contributed by atoms with Crippen molar-refractivity contribution in [3.8, 4) is 0 Å². The molecule has 24 heavy (non-hydrogen) atoms. The molecular weight excluding hydrogens is 334 g/mol. The zero-order valence-electron chi connectivity index (χ0n) is 12.4. The monoisotopic (exact) mass is 347 g/mol. The fourth-order valence-corrected chi connectivity index (χ4v) is 5.39. The van der Waals surface area contributed by atoms with E-state index in [-0.39, 0.29) is 5.30 Å². The third-order valence-electron chi connectivity index (χ3n) is 3.68. The van der Waals surface area contributed by atoms with E-state index in [2.05, 4.69) is 4.98 Å². The smallest absolute Gasteiger partial charge is 0.309 e. The van der Waals surface area contributed by atoms with Gasteiger partial charge in [-0.15, -0.1) is 0 Å². The number of pyridine rings is 1. The third kappa shape index (κ3) is 2.87. The van der Waals surface area contributed by atoms with Gasteiger partial charge in [-0.05, 0) is 6.07 Å². The van der Waals surface area contributed by atoms with Crippen LogP contribution in [0.1, 0.15) is 5.56 Å². The van der Waals surface area contributed by atoms with Gasteiger partial charge in [0.2, 0.25) is 0 Å². The van der Waals surface area contributed by atoms with Crippen molar-refractivity contribution in [2.45, 2.75) is 6.18 Å². The first-order valence-electron chi connectivity index (χ1n) is 7.17. The lowest BCUT2D eigenvalue weighted by Gasteiger charge is -2.23. The quantitative estimate of drug-likeness (QED) is 0.676. The lowest BCUT2D eigenvalue weighted by Crippen LogP contribution is -2.30. The van der Waals surface area contributed by atoms with E-state index in [1.54, 1.807) is 60.7 Å². The van der Waals surface area contributed by atoms with E-state index in [0.29, 0.717) is 10.6 Å². The molecule has 0 fully saturated rings. The number of hydrogen-bond donors (Lipinski definition) is 0. The number of hydrogen-bond acceptors (Lipinski definition) is 2. The highest BCUT2D eigenvalue weighted by atomic mass is 31.2. The Morgan fingerprint density at radius 3 is 1.75 bits per heavy atom. The molecule has 0 amide bonds. The van der Waals surface area contributed by atoms with Crippen LogP contribution in [0.3, 0.4) is 0 Å². The van der Waals surface area contributed by atoms with Crippen molar-refractivity contribution in [3.63, 3.8) is 0 Å². The first-order valence-corrected chi connectivity index (χ1v) is 8.88. The van der Waals surface area contributed by atoms with Crippen LogP contribution in [0.2, 0.25) is 0 Å². The SMILES string of the molecule is O=P(c1ccccc1)(c1ccccc1)c1cnccc1C(F)(F)F. The van der Waals surface area contributed by atoms with Crippen LogP contribution in [0, 0.1) is 0 Å². The maximum absolute atomic E-state index is 13.9. The Labute approximate surface area is 137 Å². The van der Waals surface area contributed by atoms with Crippen molar-refractivity contribution in [2.24, 2.45) is 0 Å². The van der Waals surface area contributed by atoms with Gasteiger partial charge in [-0.3, -0.25) is 4.98 Å². The van der Waals surface area contributed by atoms with E-state index in [1.165, 1.54) is 0 Å². The van der Waals surface area contributed by atoms with Crippen molar-refractivity contribution in [2.75, 3.05) is 0 Å². The van der Waals surface area contributed by atoms with Crippen molar-refractivity contribution >= 4 is 23.1 Å². The average molecular weight is 347 g/mol. The molecule has 0 atom stereocenters. The van der Waals surface area contributed by atoms with Crippen LogP contribution in [-0.2, 0) is 10.7 Å². The van der Waals surface area contributed by atoms with Crippen LogP contribution in [0.25, 0.3) is 0 Å². The number of benzene rings is 2. The molecule has 0 spiro atoms. The molecule has 0 aliphatic carbocycles. The molecule has 0 aliphatic rings. The van der Waals surface area contributed by atoms with Gasteiger partial charge < -0.3 is 4.57 Å². The van der Waals surface area contributed by atoms with Gasteiger partial charge in [0.15, 0.2) is 7.14 Å². The first-order chi connectivity index (χ1) is 11.4. The van der Waals surface area contributed by atoms with Crippen molar-refractivity contribution in [1.82, 2.24) is 4.98 Å². The molecule has 0 saturated heterocycles. The van der Waals surface area contributed by atoms with Crippen LogP contribution >= 0.6 is 7.14 Å². The first kappa shape index (κ1) is 16.5. The van der Waals surface area contributed by atoms with Gasteiger partial charge in [0.05, 0.1) is 10.9 Å². The van der Waals surface area contributed by atoms with Crippen LogP contribution in [0.4, 0.5) is 13.2 Å². The zero-order chi connectivity index (χ0) is 17.2. The molecule has 2 aromatic carbocycles. The summed E-state index contributed by atoms with van der Waals surface area (Å²) in [5, 5.41) is 0.388. The number of aromatic nitrogens is 1. The van der Waals surface area contributed by atoms with Gasteiger partial charge >= 0.3 is 6.18 Å². The molecular formula is C18H13F3NOP. The number of rotatable bonds is 3. The Balaban J connectivity index is 2.36. The largest absolute Gasteiger partial charge is 0.417 e. The maximum Gasteiger partial charge on any atom is 0.417 e. The number of nitrogens with zero attached hydrogens (tertiary/aromatic N) is 1. The lowest BCUT2D eigenvalue weighted by molar-refractivity contribution is -0.136. The van der Waals surface area contributed by atoms with Gasteiger partial charge in [-0.2, -0.15) is 13.2 Å². The van der Waals surface area contributed by atoms with Gasteiger partial charge in [0.1, 0.15) is 0 Å². The molecule has 0 bridgehead atoms. The van der Waals surface area contributed by atoms with Gasteiger partial charge in [-0.25, -0.2) is 0 Å². The maximum atomic E-state index is 13.9. The van der Waals surface area contributed by atoms with Gasteiger partial charge in [-0.1, -0.05) is 60.7 Å². The minimum absolute atomic E-state index is 0.296. The highest BCUT2D eigenvalue weighted by Gasteiger charge is 2.41. The Hall–Kier alpha value is -2.39. The molecule has 3 aromatic rings. The molecule has 0 N–H and O–H groups in total. The van der Waals surface area contributed by atoms with E-state index in [9.17, 15) is 17.7 Å². The lowest BCUT2D eigenvalue weighted by atomic mass is 10.2. The summed E-state index contributed by atoms with van der Waals surface area (Å²) in [6.45, 7) is 0. The third-order valence-corrected chi connectivity index (χ3v) is 6.77. The Morgan fingerprint density at radius 1 is 0.792 bits per heavy atom. The summed E-state index contributed by atoms with van der Waals surface area (Å²) in [7, 11) is -3.69. The van der Waals surface area contributed by atoms with Crippen molar-refractivity contribution in [3.05, 3.63) is 84.7 Å². The van der Waals surface area contributed by atoms with E-state index >= 15 is 0 Å². The standard InChI is InChI=1S/C18H13F3NOP/c19-18(20,21)16-11-12-22-13-17(16)24(23,14-7-3-1-4-8-14)15-9-5-2-6-10-15/h1-13H. The minimum Gasteiger partial charge on any atom is -0.309 e. The fourth-order valence-electron chi connectivity index (χ4n) is 2.58. The summed E-state index contributed by atoms with van der Waals surface area (Å²) < 4.78 is 54.3. The van der Waals surface area contributed by atoms with Crippen LogP contribution in [0.5, 0.6) is 0 Å². The van der Waals surface area contributed by atoms with E-state index < -0.39 is 18.9 Å². The van der Waals surface area contributed by atoms with E-state index in [1.807, 2.05) is 0 Å².